The Morgan fingerprint density at radius 1 is 1.20 bits per heavy atom. The second-order valence-corrected chi connectivity index (χ2v) is 4.54. The van der Waals surface area contributed by atoms with Crippen molar-refractivity contribution < 1.29 is 0 Å². The molecule has 0 rings (SSSR count). The molecule has 62 valence electrons. The molecule has 0 aliphatic carbocycles. The second kappa shape index (κ2) is 5.14. The lowest BCUT2D eigenvalue weighted by molar-refractivity contribution is 0.509. The van der Waals surface area contributed by atoms with Gasteiger partial charge in [0.05, 0.1) is 0 Å². The van der Waals surface area contributed by atoms with Crippen LogP contribution in [0.4, 0.5) is 0 Å². The molecule has 0 saturated carbocycles. The van der Waals surface area contributed by atoms with Gasteiger partial charge in [0.15, 0.2) is 0 Å². The summed E-state index contributed by atoms with van der Waals surface area (Å²) in [4.78, 5) is 0. The number of hydrogen-bond acceptors (Lipinski definition) is 1. The van der Waals surface area contributed by atoms with Crippen molar-refractivity contribution in [3.05, 3.63) is 0 Å². The van der Waals surface area contributed by atoms with Crippen molar-refractivity contribution in [2.24, 2.45) is 5.73 Å². The van der Waals surface area contributed by atoms with Crippen LogP contribution in [0.3, 0.4) is 0 Å². The van der Waals surface area contributed by atoms with Crippen molar-refractivity contribution in [2.75, 3.05) is 6.54 Å². The molecule has 0 aliphatic heterocycles. The molecule has 0 aromatic rings. The van der Waals surface area contributed by atoms with E-state index < -0.39 is 0 Å². The van der Waals surface area contributed by atoms with Gasteiger partial charge in [0.1, 0.15) is 0 Å². The van der Waals surface area contributed by atoms with Gasteiger partial charge in [-0.25, -0.2) is 0 Å². The maximum absolute atomic E-state index is 5.63. The first-order valence-corrected chi connectivity index (χ1v) is 4.87. The summed E-state index contributed by atoms with van der Waals surface area (Å²) >= 11 is 3.68. The fraction of sp³-hybridized carbons (Fsp3) is 1.00. The maximum Gasteiger partial charge on any atom is 0.0379 e. The monoisotopic (exact) mass is 207 g/mol. The van der Waals surface area contributed by atoms with E-state index in [0.717, 1.165) is 6.54 Å². The summed E-state index contributed by atoms with van der Waals surface area (Å²) < 4.78 is 0.233. The molecule has 0 amide bonds. The zero-order chi connectivity index (χ0) is 8.04. The van der Waals surface area contributed by atoms with Crippen molar-refractivity contribution in [3.63, 3.8) is 0 Å². The highest BCUT2D eigenvalue weighted by atomic mass is 79.9. The highest BCUT2D eigenvalue weighted by Crippen LogP contribution is 2.28. The standard InChI is InChI=1S/C8H18BrN/c1-3-5-8(9,7-10)6-4-2/h3-7,10H2,1-2H3. The molecule has 2 N–H and O–H groups in total. The Balaban J connectivity index is 3.69. The molecule has 0 aromatic carbocycles. The Morgan fingerprint density at radius 2 is 1.60 bits per heavy atom. The van der Waals surface area contributed by atoms with E-state index in [4.69, 9.17) is 5.73 Å². The molecule has 0 aromatic heterocycles. The van der Waals surface area contributed by atoms with Gasteiger partial charge in [0, 0.05) is 10.9 Å². The molecule has 0 spiro atoms. The van der Waals surface area contributed by atoms with Crippen molar-refractivity contribution >= 4 is 15.9 Å². The average molecular weight is 208 g/mol. The Labute approximate surface area is 72.5 Å². The highest BCUT2D eigenvalue weighted by molar-refractivity contribution is 9.10. The van der Waals surface area contributed by atoms with Crippen LogP contribution in [0.15, 0.2) is 0 Å². The van der Waals surface area contributed by atoms with E-state index in [0.29, 0.717) is 0 Å². The van der Waals surface area contributed by atoms with E-state index in [1.807, 2.05) is 0 Å². The first-order chi connectivity index (χ1) is 4.68. The van der Waals surface area contributed by atoms with Gasteiger partial charge in [-0.3, -0.25) is 0 Å². The smallest absolute Gasteiger partial charge is 0.0379 e. The van der Waals surface area contributed by atoms with Crippen LogP contribution in [0.5, 0.6) is 0 Å². The predicted octanol–water partition coefficient (Wildman–Crippen LogP) is 2.68. The summed E-state index contributed by atoms with van der Waals surface area (Å²) in [6.07, 6.45) is 4.81. The quantitative estimate of drug-likeness (QED) is 0.690. The topological polar surface area (TPSA) is 26.0 Å². The van der Waals surface area contributed by atoms with Crippen molar-refractivity contribution in [1.82, 2.24) is 0 Å². The Kier molecular flexibility index (Phi) is 5.36. The molecule has 0 heterocycles. The third-order valence-corrected chi connectivity index (χ3v) is 2.88. The van der Waals surface area contributed by atoms with Crippen molar-refractivity contribution in [1.29, 1.82) is 0 Å². The third-order valence-electron chi connectivity index (χ3n) is 1.76. The molecular weight excluding hydrogens is 190 g/mol. The molecule has 1 nitrogen and oxygen atoms in total. The van der Waals surface area contributed by atoms with E-state index in [-0.39, 0.29) is 4.32 Å². The molecular formula is C8H18BrN. The molecule has 0 unspecified atom stereocenters. The van der Waals surface area contributed by atoms with Crippen molar-refractivity contribution in [3.8, 4) is 0 Å². The number of alkyl halides is 1. The minimum Gasteiger partial charge on any atom is -0.329 e. The summed E-state index contributed by atoms with van der Waals surface area (Å²) in [7, 11) is 0. The van der Waals surface area contributed by atoms with Crippen molar-refractivity contribution in [2.45, 2.75) is 43.9 Å². The number of halogens is 1. The van der Waals surface area contributed by atoms with Crippen LogP contribution in [0, 0.1) is 0 Å². The summed E-state index contributed by atoms with van der Waals surface area (Å²) in [5, 5.41) is 0. The molecule has 0 fully saturated rings. The van der Waals surface area contributed by atoms with Gasteiger partial charge < -0.3 is 5.73 Å². The fourth-order valence-electron chi connectivity index (χ4n) is 1.23. The third kappa shape index (κ3) is 3.57. The lowest BCUT2D eigenvalue weighted by Gasteiger charge is -2.24. The van der Waals surface area contributed by atoms with Gasteiger partial charge in [0.2, 0.25) is 0 Å². The second-order valence-electron chi connectivity index (χ2n) is 2.86. The zero-order valence-electron chi connectivity index (χ0n) is 6.99. The zero-order valence-corrected chi connectivity index (χ0v) is 8.58. The Bertz CT molecular complexity index is 77.3. The van der Waals surface area contributed by atoms with E-state index in [1.54, 1.807) is 0 Å². The van der Waals surface area contributed by atoms with Crippen LogP contribution >= 0.6 is 15.9 Å². The molecule has 0 bridgehead atoms. The first kappa shape index (κ1) is 10.4. The van der Waals surface area contributed by atoms with Gasteiger partial charge in [-0.05, 0) is 12.8 Å². The number of hydrogen-bond donors (Lipinski definition) is 1. The van der Waals surface area contributed by atoms with E-state index in [9.17, 15) is 0 Å². The summed E-state index contributed by atoms with van der Waals surface area (Å²) in [6.45, 7) is 5.15. The van der Waals surface area contributed by atoms with E-state index in [2.05, 4.69) is 29.8 Å². The molecule has 2 heteroatoms. The van der Waals surface area contributed by atoms with Gasteiger partial charge in [-0.1, -0.05) is 42.6 Å². The number of rotatable bonds is 5. The van der Waals surface area contributed by atoms with Gasteiger partial charge >= 0.3 is 0 Å². The van der Waals surface area contributed by atoms with Crippen LogP contribution in [-0.2, 0) is 0 Å². The largest absolute Gasteiger partial charge is 0.329 e. The summed E-state index contributed by atoms with van der Waals surface area (Å²) in [6, 6.07) is 0. The van der Waals surface area contributed by atoms with Crippen LogP contribution < -0.4 is 5.73 Å². The van der Waals surface area contributed by atoms with Crippen LogP contribution in [-0.4, -0.2) is 10.9 Å². The number of nitrogens with two attached hydrogens (primary N) is 1. The minimum atomic E-state index is 0.233. The highest BCUT2D eigenvalue weighted by Gasteiger charge is 2.21. The molecule has 0 atom stereocenters. The SMILES string of the molecule is CCCC(Br)(CN)CCC. The maximum atomic E-state index is 5.63. The molecule has 0 aliphatic rings. The minimum absolute atomic E-state index is 0.233. The molecule has 0 saturated heterocycles. The first-order valence-electron chi connectivity index (χ1n) is 4.07. The van der Waals surface area contributed by atoms with E-state index in [1.165, 1.54) is 25.7 Å². The Morgan fingerprint density at radius 3 is 1.80 bits per heavy atom. The molecule has 10 heavy (non-hydrogen) atoms. The normalized spacial score (nSPS) is 12.0. The van der Waals surface area contributed by atoms with Gasteiger partial charge in [-0.15, -0.1) is 0 Å². The Hall–Kier alpha value is 0.440. The van der Waals surface area contributed by atoms with Crippen LogP contribution in [0.25, 0.3) is 0 Å². The summed E-state index contributed by atoms with van der Waals surface area (Å²) in [5.41, 5.74) is 5.63. The lowest BCUT2D eigenvalue weighted by Crippen LogP contribution is -2.30. The van der Waals surface area contributed by atoms with Crippen LogP contribution in [0.1, 0.15) is 39.5 Å². The fourth-order valence-corrected chi connectivity index (χ4v) is 2.02. The predicted molar refractivity (Wildman–Crippen MR) is 50.5 cm³/mol. The van der Waals surface area contributed by atoms with Gasteiger partial charge in [-0.2, -0.15) is 0 Å². The van der Waals surface area contributed by atoms with Gasteiger partial charge in [0.25, 0.3) is 0 Å². The average Bonchev–Trinajstić information content (AvgIpc) is 1.89. The lowest BCUT2D eigenvalue weighted by atomic mass is 9.98. The van der Waals surface area contributed by atoms with Crippen LogP contribution in [0.2, 0.25) is 0 Å². The molecule has 0 radical (unpaired) electrons. The van der Waals surface area contributed by atoms with E-state index >= 15 is 0 Å². The summed E-state index contributed by atoms with van der Waals surface area (Å²) in [5.74, 6) is 0.